The van der Waals surface area contributed by atoms with Crippen molar-refractivity contribution in [3.05, 3.63) is 168 Å². The third-order valence-electron chi connectivity index (χ3n) is 10.8. The molecule has 4 nitrogen and oxygen atoms in total. The molecule has 0 spiro atoms. The van der Waals surface area contributed by atoms with Crippen LogP contribution in [0.5, 0.6) is 5.75 Å². The van der Waals surface area contributed by atoms with Gasteiger partial charge < -0.3 is 5.11 Å². The van der Waals surface area contributed by atoms with E-state index in [0.717, 1.165) is 104 Å². The van der Waals surface area contributed by atoms with Crippen LogP contribution in [0, 0.1) is 6.07 Å². The molecule has 1 N–H and O–H groups in total. The number of nitrogens with zero attached hydrogens (tertiary/aromatic N) is 3. The molecule has 274 valence electrons. The molecule has 9 rings (SSSR count). The van der Waals surface area contributed by atoms with Crippen molar-refractivity contribution in [2.75, 3.05) is 0 Å². The number of hydrogen-bond acceptors (Lipinski definition) is 3. The molecule has 5 heteroatoms. The van der Waals surface area contributed by atoms with Crippen molar-refractivity contribution in [1.82, 2.24) is 14.5 Å². The summed E-state index contributed by atoms with van der Waals surface area (Å²) in [5.41, 5.74) is 15.1. The van der Waals surface area contributed by atoms with E-state index in [9.17, 15) is 5.11 Å². The van der Waals surface area contributed by atoms with E-state index in [0.29, 0.717) is 5.75 Å². The number of aromatic nitrogens is 3. The summed E-state index contributed by atoms with van der Waals surface area (Å²) in [4.78, 5) is 10.4. The Morgan fingerprint density at radius 1 is 0.636 bits per heavy atom. The Bertz CT molecular complexity index is 2660. The predicted octanol–water partition coefficient (Wildman–Crippen LogP) is 12.4. The number of pyridine rings is 1. The zero-order chi connectivity index (χ0) is 36.8. The minimum absolute atomic E-state index is 0. The SMILES string of the molecule is CC(C)(C)c1cc(-c2cc(-c3ccccc3)ccn2)[c-]c(-c2cccc3c2nc(-c2ccc4c(c2O)CCCC4)n3-c2ccccc2-c2ccccc2)c1.[Pt]. The third-order valence-corrected chi connectivity index (χ3v) is 10.8. The molecule has 2 heterocycles. The maximum atomic E-state index is 12.0. The molecule has 0 unspecified atom stereocenters. The van der Waals surface area contributed by atoms with Crippen molar-refractivity contribution in [3.63, 3.8) is 0 Å². The summed E-state index contributed by atoms with van der Waals surface area (Å²) < 4.78 is 2.24. The number of hydrogen-bond donors (Lipinski definition) is 1. The smallest absolute Gasteiger partial charge is 0.148 e. The molecule has 0 saturated heterocycles. The van der Waals surface area contributed by atoms with E-state index >= 15 is 0 Å². The fourth-order valence-corrected chi connectivity index (χ4v) is 7.93. The van der Waals surface area contributed by atoms with Gasteiger partial charge in [0.2, 0.25) is 0 Å². The van der Waals surface area contributed by atoms with Crippen molar-refractivity contribution < 1.29 is 26.2 Å². The van der Waals surface area contributed by atoms with E-state index in [1.807, 2.05) is 18.3 Å². The molecule has 8 aromatic rings. The van der Waals surface area contributed by atoms with Gasteiger partial charge in [0.15, 0.2) is 0 Å². The molecule has 6 aromatic carbocycles. The summed E-state index contributed by atoms with van der Waals surface area (Å²) in [6.45, 7) is 6.74. The molecular weight excluding hydrogens is 854 g/mol. The first-order chi connectivity index (χ1) is 26.3. The molecule has 0 aliphatic heterocycles. The molecule has 1 aliphatic carbocycles. The third kappa shape index (κ3) is 6.85. The molecule has 0 bridgehead atoms. The average molecular weight is 896 g/mol. The monoisotopic (exact) mass is 895 g/mol. The van der Waals surface area contributed by atoms with Crippen LogP contribution in [0.15, 0.2) is 146 Å². The van der Waals surface area contributed by atoms with Crippen LogP contribution in [0.4, 0.5) is 0 Å². The van der Waals surface area contributed by atoms with Crippen LogP contribution < -0.4 is 0 Å². The average Bonchev–Trinajstić information content (AvgIpc) is 3.61. The molecule has 0 saturated carbocycles. The minimum Gasteiger partial charge on any atom is -0.507 e. The number of phenols is 1. The van der Waals surface area contributed by atoms with Gasteiger partial charge in [0.1, 0.15) is 11.6 Å². The van der Waals surface area contributed by atoms with Crippen LogP contribution >= 0.6 is 0 Å². The molecule has 2 aromatic heterocycles. The summed E-state index contributed by atoms with van der Waals surface area (Å²) in [6, 6.07) is 52.6. The van der Waals surface area contributed by atoms with E-state index in [-0.39, 0.29) is 26.5 Å². The molecule has 0 amide bonds. The van der Waals surface area contributed by atoms with Crippen molar-refractivity contribution >= 4 is 11.0 Å². The molecule has 0 radical (unpaired) electrons. The number of benzene rings is 6. The predicted molar refractivity (Wildman–Crippen MR) is 222 cm³/mol. The van der Waals surface area contributed by atoms with Crippen molar-refractivity contribution in [2.24, 2.45) is 0 Å². The number of fused-ring (bicyclic) bond motifs is 2. The molecule has 0 fully saturated rings. The second-order valence-corrected chi connectivity index (χ2v) is 15.4. The first kappa shape index (κ1) is 36.4. The van der Waals surface area contributed by atoms with Crippen LogP contribution in [0.25, 0.3) is 72.7 Å². The Kier molecular flexibility index (Phi) is 9.88. The summed E-state index contributed by atoms with van der Waals surface area (Å²) in [6.07, 6.45) is 5.98. The molecular formula is C50H42N3OPt-. The molecule has 55 heavy (non-hydrogen) atoms. The zero-order valence-corrected chi connectivity index (χ0v) is 33.6. The summed E-state index contributed by atoms with van der Waals surface area (Å²) in [5, 5.41) is 12.0. The van der Waals surface area contributed by atoms with Crippen LogP contribution in [0.2, 0.25) is 0 Å². The Morgan fingerprint density at radius 3 is 2.11 bits per heavy atom. The van der Waals surface area contributed by atoms with Gasteiger partial charge in [0.25, 0.3) is 0 Å². The van der Waals surface area contributed by atoms with Gasteiger partial charge in [0, 0.05) is 38.5 Å². The summed E-state index contributed by atoms with van der Waals surface area (Å²) in [5.74, 6) is 1.06. The summed E-state index contributed by atoms with van der Waals surface area (Å²) in [7, 11) is 0. The van der Waals surface area contributed by atoms with E-state index in [1.165, 1.54) is 11.1 Å². The van der Waals surface area contributed by atoms with Gasteiger partial charge in [-0.1, -0.05) is 135 Å². The second-order valence-electron chi connectivity index (χ2n) is 15.4. The van der Waals surface area contributed by atoms with Crippen LogP contribution in [0.3, 0.4) is 0 Å². The zero-order valence-electron chi connectivity index (χ0n) is 31.3. The number of phenolic OH excluding ortho intramolecular Hbond substituents is 1. The standard InChI is InChI=1S/C50H42N3O.Pt/c1-50(2,3)39-30-37(29-38(31-39)44-32-36(27-28-51-44)33-15-6-4-7-16-33)41-22-14-24-46-47(41)52-49(43-26-25-35-19-10-11-21-42(35)48(43)54)53(46)45-23-13-12-20-40(45)34-17-8-5-9-18-34;/h4-9,12-18,20,22-28,30-32,54H,10-11,19,21H2,1-3H3;/q-1;. The van der Waals surface area contributed by atoms with Gasteiger partial charge in [-0.3, -0.25) is 9.55 Å². The first-order valence-corrected chi connectivity index (χ1v) is 18.9. The van der Waals surface area contributed by atoms with E-state index < -0.39 is 0 Å². The quantitative estimate of drug-likeness (QED) is 0.169. The summed E-state index contributed by atoms with van der Waals surface area (Å²) >= 11 is 0. The Labute approximate surface area is 337 Å². The van der Waals surface area contributed by atoms with E-state index in [4.69, 9.17) is 9.97 Å². The Balaban J connectivity index is 0.00000427. The fourth-order valence-electron chi connectivity index (χ4n) is 7.93. The van der Waals surface area contributed by atoms with Gasteiger partial charge in [0.05, 0.1) is 22.3 Å². The molecule has 0 atom stereocenters. The fraction of sp³-hybridized carbons (Fsp3) is 0.160. The number of para-hydroxylation sites is 2. The maximum absolute atomic E-state index is 12.0. The Hall–Kier alpha value is -5.57. The van der Waals surface area contributed by atoms with E-state index in [2.05, 4.69) is 159 Å². The van der Waals surface area contributed by atoms with Crippen molar-refractivity contribution in [1.29, 1.82) is 0 Å². The van der Waals surface area contributed by atoms with Gasteiger partial charge >= 0.3 is 0 Å². The first-order valence-electron chi connectivity index (χ1n) is 18.9. The van der Waals surface area contributed by atoms with Crippen molar-refractivity contribution in [3.8, 4) is 67.5 Å². The van der Waals surface area contributed by atoms with Gasteiger partial charge in [-0.2, -0.15) is 0 Å². The number of aromatic hydroxyl groups is 1. The van der Waals surface area contributed by atoms with Crippen LogP contribution in [-0.2, 0) is 39.3 Å². The number of aryl methyl sites for hydroxylation is 1. The van der Waals surface area contributed by atoms with Crippen molar-refractivity contribution in [2.45, 2.75) is 51.9 Å². The van der Waals surface area contributed by atoms with E-state index in [1.54, 1.807) is 0 Å². The molecule has 1 aliphatic rings. The largest absolute Gasteiger partial charge is 0.507 e. The normalized spacial score (nSPS) is 12.6. The Morgan fingerprint density at radius 2 is 1.33 bits per heavy atom. The maximum Gasteiger partial charge on any atom is 0.148 e. The van der Waals surface area contributed by atoms with Crippen LogP contribution in [-0.4, -0.2) is 19.6 Å². The number of imidazole rings is 1. The van der Waals surface area contributed by atoms with Gasteiger partial charge in [-0.05, 0) is 83.2 Å². The second kappa shape index (κ2) is 14.9. The van der Waals surface area contributed by atoms with Crippen LogP contribution in [0.1, 0.15) is 50.3 Å². The number of rotatable bonds is 6. The topological polar surface area (TPSA) is 50.9 Å². The minimum atomic E-state index is -0.127. The van der Waals surface area contributed by atoms with Gasteiger partial charge in [-0.15, -0.1) is 29.3 Å². The van der Waals surface area contributed by atoms with Gasteiger partial charge in [-0.25, -0.2) is 4.98 Å².